The lowest BCUT2D eigenvalue weighted by Crippen LogP contribution is -1.90. The molecule has 0 unspecified atom stereocenters. The molecule has 1 rings (SSSR count). The smallest absolute Gasteiger partial charge is 0.137 e. The Bertz CT molecular complexity index is 276. The van der Waals surface area contributed by atoms with Gasteiger partial charge in [0.2, 0.25) is 0 Å². The van der Waals surface area contributed by atoms with Crippen LogP contribution in [0.3, 0.4) is 0 Å². The van der Waals surface area contributed by atoms with Gasteiger partial charge in [-0.15, -0.1) is 11.6 Å². The van der Waals surface area contributed by atoms with Crippen LogP contribution in [0.5, 0.6) is 0 Å². The van der Waals surface area contributed by atoms with Gasteiger partial charge in [0, 0.05) is 5.88 Å². The molecule has 0 aliphatic rings. The standard InChI is InChI=1S/C10H11BrClF/c11-10-8(4-1-2-7-12)5-3-6-9(10)13/h3,5-6H,1-2,4,7H2. The van der Waals surface area contributed by atoms with Gasteiger partial charge >= 0.3 is 0 Å². The molecule has 0 aliphatic carbocycles. The zero-order valence-corrected chi connectivity index (χ0v) is 9.54. The third-order valence-electron chi connectivity index (χ3n) is 1.86. The maximum atomic E-state index is 13.0. The van der Waals surface area contributed by atoms with Crippen LogP contribution in [0.2, 0.25) is 0 Å². The van der Waals surface area contributed by atoms with Crippen LogP contribution in [-0.2, 0) is 6.42 Å². The average Bonchev–Trinajstić information content (AvgIpc) is 2.13. The molecule has 3 heteroatoms. The lowest BCUT2D eigenvalue weighted by atomic mass is 10.1. The summed E-state index contributed by atoms with van der Waals surface area (Å²) < 4.78 is 13.6. The molecule has 72 valence electrons. The van der Waals surface area contributed by atoms with E-state index in [9.17, 15) is 4.39 Å². The van der Waals surface area contributed by atoms with E-state index in [1.807, 2.05) is 6.07 Å². The lowest BCUT2D eigenvalue weighted by Gasteiger charge is -2.03. The predicted octanol–water partition coefficient (Wildman–Crippen LogP) is 4.15. The van der Waals surface area contributed by atoms with Crippen molar-refractivity contribution in [2.24, 2.45) is 0 Å². The van der Waals surface area contributed by atoms with Gasteiger partial charge in [0.1, 0.15) is 5.82 Å². The Balaban J connectivity index is 2.61. The Morgan fingerprint density at radius 1 is 1.31 bits per heavy atom. The number of hydrogen-bond acceptors (Lipinski definition) is 0. The second kappa shape index (κ2) is 5.61. The van der Waals surface area contributed by atoms with Gasteiger partial charge < -0.3 is 0 Å². The number of unbranched alkanes of at least 4 members (excludes halogenated alkanes) is 1. The van der Waals surface area contributed by atoms with Crippen LogP contribution >= 0.6 is 27.5 Å². The number of halogens is 3. The minimum Gasteiger partial charge on any atom is -0.206 e. The molecular formula is C10H11BrClF. The van der Waals surface area contributed by atoms with E-state index in [0.717, 1.165) is 24.8 Å². The van der Waals surface area contributed by atoms with Crippen LogP contribution in [-0.4, -0.2) is 5.88 Å². The fourth-order valence-corrected chi connectivity index (χ4v) is 1.80. The zero-order chi connectivity index (χ0) is 9.68. The molecule has 1 aromatic rings. The first-order chi connectivity index (χ1) is 6.25. The first kappa shape index (κ1) is 11.0. The van der Waals surface area contributed by atoms with Gasteiger partial charge in [-0.2, -0.15) is 0 Å². The molecule has 0 amide bonds. The minimum atomic E-state index is -0.191. The fraction of sp³-hybridized carbons (Fsp3) is 0.400. The summed E-state index contributed by atoms with van der Waals surface area (Å²) in [6.07, 6.45) is 2.86. The highest BCUT2D eigenvalue weighted by Gasteiger charge is 2.03. The Labute approximate surface area is 91.2 Å². The molecule has 0 fully saturated rings. The molecular weight excluding hydrogens is 254 g/mol. The predicted molar refractivity (Wildman–Crippen MR) is 57.8 cm³/mol. The first-order valence-corrected chi connectivity index (χ1v) is 5.57. The molecule has 0 heterocycles. The molecule has 0 nitrogen and oxygen atoms in total. The number of hydrogen-bond donors (Lipinski definition) is 0. The molecule has 13 heavy (non-hydrogen) atoms. The molecule has 0 saturated heterocycles. The Hall–Kier alpha value is -0.0800. The van der Waals surface area contributed by atoms with Crippen LogP contribution < -0.4 is 0 Å². The Morgan fingerprint density at radius 3 is 2.77 bits per heavy atom. The third kappa shape index (κ3) is 3.28. The highest BCUT2D eigenvalue weighted by atomic mass is 79.9. The number of benzene rings is 1. The van der Waals surface area contributed by atoms with E-state index in [-0.39, 0.29) is 5.82 Å². The molecule has 0 saturated carbocycles. The van der Waals surface area contributed by atoms with Crippen LogP contribution in [0, 0.1) is 5.82 Å². The second-order valence-corrected chi connectivity index (χ2v) is 4.03. The van der Waals surface area contributed by atoms with Crippen LogP contribution in [0.15, 0.2) is 22.7 Å². The first-order valence-electron chi connectivity index (χ1n) is 4.24. The molecule has 0 bridgehead atoms. The maximum Gasteiger partial charge on any atom is 0.137 e. The van der Waals surface area contributed by atoms with Gasteiger partial charge in [-0.05, 0) is 46.8 Å². The van der Waals surface area contributed by atoms with Gasteiger partial charge in [-0.3, -0.25) is 0 Å². The van der Waals surface area contributed by atoms with Crippen molar-refractivity contribution in [3.8, 4) is 0 Å². The molecule has 0 aliphatic heterocycles. The molecule has 1 aromatic carbocycles. The van der Waals surface area contributed by atoms with Crippen molar-refractivity contribution in [2.45, 2.75) is 19.3 Å². The summed E-state index contributed by atoms with van der Waals surface area (Å²) in [6.45, 7) is 0. The monoisotopic (exact) mass is 264 g/mol. The van der Waals surface area contributed by atoms with Crippen molar-refractivity contribution in [3.63, 3.8) is 0 Å². The minimum absolute atomic E-state index is 0.191. The maximum absolute atomic E-state index is 13.0. The van der Waals surface area contributed by atoms with E-state index < -0.39 is 0 Å². The van der Waals surface area contributed by atoms with Crippen molar-refractivity contribution in [1.29, 1.82) is 0 Å². The van der Waals surface area contributed by atoms with Gasteiger partial charge in [0.05, 0.1) is 4.47 Å². The Morgan fingerprint density at radius 2 is 2.08 bits per heavy atom. The lowest BCUT2D eigenvalue weighted by molar-refractivity contribution is 0.616. The average molecular weight is 266 g/mol. The molecule has 0 N–H and O–H groups in total. The topological polar surface area (TPSA) is 0 Å². The summed E-state index contributed by atoms with van der Waals surface area (Å²) in [6, 6.07) is 5.12. The van der Waals surface area contributed by atoms with Crippen molar-refractivity contribution in [2.75, 3.05) is 5.88 Å². The summed E-state index contributed by atoms with van der Waals surface area (Å²) in [7, 11) is 0. The number of aryl methyl sites for hydroxylation is 1. The third-order valence-corrected chi connectivity index (χ3v) is 3.02. The second-order valence-electron chi connectivity index (χ2n) is 2.86. The van der Waals surface area contributed by atoms with E-state index in [1.165, 1.54) is 6.07 Å². The summed E-state index contributed by atoms with van der Waals surface area (Å²) in [5.41, 5.74) is 1.02. The highest BCUT2D eigenvalue weighted by molar-refractivity contribution is 9.10. The van der Waals surface area contributed by atoms with E-state index in [4.69, 9.17) is 11.6 Å². The number of rotatable bonds is 4. The van der Waals surface area contributed by atoms with Crippen LogP contribution in [0.25, 0.3) is 0 Å². The quantitative estimate of drug-likeness (QED) is 0.567. The largest absolute Gasteiger partial charge is 0.206 e. The summed E-state index contributed by atoms with van der Waals surface area (Å²) in [5, 5.41) is 0. The summed E-state index contributed by atoms with van der Waals surface area (Å²) >= 11 is 8.78. The van der Waals surface area contributed by atoms with Gasteiger partial charge in [-0.1, -0.05) is 12.1 Å². The number of alkyl halides is 1. The SMILES string of the molecule is Fc1cccc(CCCCCl)c1Br. The molecule has 0 aromatic heterocycles. The van der Waals surface area contributed by atoms with E-state index in [1.54, 1.807) is 6.07 Å². The van der Waals surface area contributed by atoms with Crippen molar-refractivity contribution < 1.29 is 4.39 Å². The van der Waals surface area contributed by atoms with E-state index in [2.05, 4.69) is 15.9 Å². The zero-order valence-electron chi connectivity index (χ0n) is 7.19. The normalized spacial score (nSPS) is 10.4. The van der Waals surface area contributed by atoms with E-state index in [0.29, 0.717) is 10.4 Å². The Kier molecular flexibility index (Phi) is 4.74. The van der Waals surface area contributed by atoms with Crippen LogP contribution in [0.1, 0.15) is 18.4 Å². The summed E-state index contributed by atoms with van der Waals surface area (Å²) in [5.74, 6) is 0.482. The molecule has 0 atom stereocenters. The van der Waals surface area contributed by atoms with Crippen molar-refractivity contribution in [1.82, 2.24) is 0 Å². The van der Waals surface area contributed by atoms with Crippen molar-refractivity contribution in [3.05, 3.63) is 34.1 Å². The molecule has 0 radical (unpaired) electrons. The fourth-order valence-electron chi connectivity index (χ4n) is 1.15. The van der Waals surface area contributed by atoms with Crippen LogP contribution in [0.4, 0.5) is 4.39 Å². The van der Waals surface area contributed by atoms with Gasteiger partial charge in [0.25, 0.3) is 0 Å². The van der Waals surface area contributed by atoms with Gasteiger partial charge in [-0.25, -0.2) is 4.39 Å². The summed E-state index contributed by atoms with van der Waals surface area (Å²) in [4.78, 5) is 0. The molecule has 0 spiro atoms. The van der Waals surface area contributed by atoms with Crippen molar-refractivity contribution >= 4 is 27.5 Å². The highest BCUT2D eigenvalue weighted by Crippen LogP contribution is 2.21. The van der Waals surface area contributed by atoms with E-state index >= 15 is 0 Å². The van der Waals surface area contributed by atoms with Gasteiger partial charge in [0.15, 0.2) is 0 Å².